The lowest BCUT2D eigenvalue weighted by atomic mass is 10.6. The third kappa shape index (κ3) is 2.68. The molecule has 0 unspecified atom stereocenters. The van der Waals surface area contributed by atoms with Crippen LogP contribution >= 0.6 is 11.4 Å². The molecule has 0 rings (SSSR count). The summed E-state index contributed by atoms with van der Waals surface area (Å²) >= 11 is 1.05. The van der Waals surface area contributed by atoms with Gasteiger partial charge in [0.1, 0.15) is 5.05 Å². The third-order valence-corrected chi connectivity index (χ3v) is 4.25. The van der Waals surface area contributed by atoms with Crippen molar-refractivity contribution in [3.63, 3.8) is 0 Å². The Kier molecular flexibility index (Phi) is 5.20. The van der Waals surface area contributed by atoms with E-state index in [-0.39, 0.29) is 0 Å². The number of hydrogen-bond acceptors (Lipinski definition) is 3. The molecule has 11 heavy (non-hydrogen) atoms. The van der Waals surface area contributed by atoms with E-state index in [0.717, 1.165) is 26.6 Å². The van der Waals surface area contributed by atoms with E-state index in [4.69, 9.17) is 14.2 Å². The highest BCUT2D eigenvalue weighted by Gasteiger charge is 2.27. The molecule has 0 N–H and O–H groups in total. The Bertz CT molecular complexity index is 145. The SMILES string of the molecule is COC(=[SH]C)C([SiH3])(OC)OC. The Morgan fingerprint density at radius 2 is 1.73 bits per heavy atom. The summed E-state index contributed by atoms with van der Waals surface area (Å²) in [5.41, 5.74) is -0.578. The second-order valence-electron chi connectivity index (χ2n) is 2.09. The highest BCUT2D eigenvalue weighted by atomic mass is 32.1. The molecule has 0 saturated carbocycles. The van der Waals surface area contributed by atoms with Crippen molar-refractivity contribution in [2.75, 3.05) is 27.6 Å². The van der Waals surface area contributed by atoms with Crippen LogP contribution < -0.4 is 0 Å². The quantitative estimate of drug-likeness (QED) is 0.276. The Labute approximate surface area is 74.4 Å². The molecule has 0 spiro atoms. The van der Waals surface area contributed by atoms with Gasteiger partial charge in [-0.05, 0) is 6.26 Å². The summed E-state index contributed by atoms with van der Waals surface area (Å²) in [4.78, 5) is 0. The van der Waals surface area contributed by atoms with E-state index in [1.165, 1.54) is 0 Å². The first-order valence-electron chi connectivity index (χ1n) is 3.26. The Hall–Kier alpha value is 0.317. The van der Waals surface area contributed by atoms with Crippen LogP contribution in [0.3, 0.4) is 0 Å². The molecule has 0 amide bonds. The third-order valence-electron chi connectivity index (χ3n) is 1.56. The molecule has 0 heterocycles. The number of methoxy groups -OCH3 is 3. The van der Waals surface area contributed by atoms with Gasteiger partial charge in [0.25, 0.3) is 0 Å². The molecule has 0 aliphatic carbocycles. The van der Waals surface area contributed by atoms with E-state index < -0.39 is 5.41 Å². The van der Waals surface area contributed by atoms with E-state index in [9.17, 15) is 0 Å². The first kappa shape index (κ1) is 11.3. The highest BCUT2D eigenvalue weighted by Crippen LogP contribution is 2.11. The Balaban J connectivity index is 4.46. The van der Waals surface area contributed by atoms with Crippen molar-refractivity contribution in [3.8, 4) is 0 Å². The Morgan fingerprint density at radius 3 is 1.82 bits per heavy atom. The number of thiol groups is 1. The first-order valence-corrected chi connectivity index (χ1v) is 5.60. The van der Waals surface area contributed by atoms with Crippen molar-refractivity contribution >= 4 is 26.6 Å². The molecule has 0 aromatic heterocycles. The van der Waals surface area contributed by atoms with Crippen LogP contribution in [0.4, 0.5) is 0 Å². The van der Waals surface area contributed by atoms with Crippen molar-refractivity contribution in [2.45, 2.75) is 5.41 Å². The zero-order chi connectivity index (χ0) is 8.91. The molecule has 3 nitrogen and oxygen atoms in total. The van der Waals surface area contributed by atoms with E-state index in [2.05, 4.69) is 0 Å². The van der Waals surface area contributed by atoms with Gasteiger partial charge in [-0.15, -0.1) is 0 Å². The molecule has 0 aromatic rings. The Morgan fingerprint density at radius 1 is 1.27 bits per heavy atom. The summed E-state index contributed by atoms with van der Waals surface area (Å²) in [7, 11) is 5.65. The van der Waals surface area contributed by atoms with Crippen LogP contribution in [0.2, 0.25) is 0 Å². The van der Waals surface area contributed by atoms with Crippen molar-refractivity contribution in [2.24, 2.45) is 0 Å². The number of hydrogen-bond donors (Lipinski definition) is 1. The smallest absolute Gasteiger partial charge is 0.190 e. The summed E-state index contributed by atoms with van der Waals surface area (Å²) in [6.45, 7) is 0. The second kappa shape index (κ2) is 5.05. The van der Waals surface area contributed by atoms with Crippen LogP contribution in [-0.2, 0) is 14.2 Å². The lowest BCUT2D eigenvalue weighted by molar-refractivity contribution is -0.0984. The molecule has 0 atom stereocenters. The number of rotatable bonds is 3. The van der Waals surface area contributed by atoms with Gasteiger partial charge in [0.05, 0.1) is 10.2 Å². The largest absolute Gasteiger partial charge is 0.351 e. The van der Waals surface area contributed by atoms with Crippen LogP contribution in [-0.4, -0.2) is 48.3 Å². The predicted molar refractivity (Wildman–Crippen MR) is 53.6 cm³/mol. The van der Waals surface area contributed by atoms with Gasteiger partial charge in [-0.1, -0.05) is 0 Å². The molecule has 0 bridgehead atoms. The number of ether oxygens (including phenoxy) is 3. The average Bonchev–Trinajstić information content (AvgIpc) is 2.06. The van der Waals surface area contributed by atoms with Crippen LogP contribution in [0.15, 0.2) is 0 Å². The average molecular weight is 196 g/mol. The van der Waals surface area contributed by atoms with E-state index in [1.54, 1.807) is 21.3 Å². The molecule has 0 aliphatic heterocycles. The molecule has 0 saturated heterocycles. The lowest BCUT2D eigenvalue weighted by Gasteiger charge is -2.27. The van der Waals surface area contributed by atoms with Crippen LogP contribution in [0.25, 0.3) is 0 Å². The summed E-state index contributed by atoms with van der Waals surface area (Å²) in [6, 6.07) is 0. The van der Waals surface area contributed by atoms with E-state index >= 15 is 0 Å². The van der Waals surface area contributed by atoms with Gasteiger partial charge in [-0.2, -0.15) is 11.4 Å². The van der Waals surface area contributed by atoms with Gasteiger partial charge in [-0.25, -0.2) is 0 Å². The normalized spacial score (nSPS) is 14.7. The maximum Gasteiger partial charge on any atom is 0.190 e. The zero-order valence-electron chi connectivity index (χ0n) is 7.67. The topological polar surface area (TPSA) is 27.7 Å². The van der Waals surface area contributed by atoms with Gasteiger partial charge >= 0.3 is 0 Å². The van der Waals surface area contributed by atoms with Crippen molar-refractivity contribution in [1.29, 1.82) is 0 Å². The van der Waals surface area contributed by atoms with Crippen molar-refractivity contribution < 1.29 is 14.2 Å². The van der Waals surface area contributed by atoms with Gasteiger partial charge in [0.15, 0.2) is 5.41 Å². The fourth-order valence-electron chi connectivity index (χ4n) is 0.738. The van der Waals surface area contributed by atoms with Gasteiger partial charge < -0.3 is 14.2 Å². The zero-order valence-corrected chi connectivity index (χ0v) is 10.6. The van der Waals surface area contributed by atoms with Gasteiger partial charge in [-0.3, -0.25) is 0 Å². The maximum absolute atomic E-state index is 5.20. The fourth-order valence-corrected chi connectivity index (χ4v) is 2.38. The summed E-state index contributed by atoms with van der Waals surface area (Å²) in [6.07, 6.45) is 1.99. The summed E-state index contributed by atoms with van der Waals surface area (Å²) in [5.74, 6) is 0. The maximum atomic E-state index is 5.20. The van der Waals surface area contributed by atoms with Crippen LogP contribution in [0, 0.1) is 0 Å². The van der Waals surface area contributed by atoms with Crippen molar-refractivity contribution in [1.82, 2.24) is 0 Å². The van der Waals surface area contributed by atoms with Crippen LogP contribution in [0.5, 0.6) is 0 Å². The molecule has 0 radical (unpaired) electrons. The summed E-state index contributed by atoms with van der Waals surface area (Å²) in [5, 5.41) is 0.828. The van der Waals surface area contributed by atoms with Gasteiger partial charge in [0, 0.05) is 21.3 Å². The lowest BCUT2D eigenvalue weighted by Crippen LogP contribution is -2.43. The van der Waals surface area contributed by atoms with Crippen molar-refractivity contribution in [3.05, 3.63) is 0 Å². The molecule has 0 aliphatic rings. The standard InChI is InChI=1S/C6H16O3SSi/c1-7-5(10-4)6(11,8-2)9-3/h10H,1-4,11H3. The monoisotopic (exact) mass is 196 g/mol. The first-order chi connectivity index (χ1) is 5.14. The molecule has 5 heteroatoms. The fraction of sp³-hybridized carbons (Fsp3) is 0.833. The van der Waals surface area contributed by atoms with E-state index in [1.807, 2.05) is 6.26 Å². The predicted octanol–water partition coefficient (Wildman–Crippen LogP) is -0.830. The molecular weight excluding hydrogens is 180 g/mol. The molecule has 0 fully saturated rings. The molecular formula is C6H16O3SSi. The second-order valence-corrected chi connectivity index (χ2v) is 4.26. The highest BCUT2D eigenvalue weighted by molar-refractivity contribution is 7.98. The van der Waals surface area contributed by atoms with Gasteiger partial charge in [0.2, 0.25) is 0 Å². The van der Waals surface area contributed by atoms with E-state index in [0.29, 0.717) is 0 Å². The molecule has 0 aromatic carbocycles. The summed E-state index contributed by atoms with van der Waals surface area (Å²) < 4.78 is 15.5. The minimum absolute atomic E-state index is 0.578. The molecule has 68 valence electrons. The van der Waals surface area contributed by atoms with Crippen LogP contribution in [0.1, 0.15) is 0 Å². The minimum atomic E-state index is -0.578. The minimum Gasteiger partial charge on any atom is -0.351 e.